The number of nitrogens with one attached hydrogen (secondary N) is 1. The highest BCUT2D eigenvalue weighted by molar-refractivity contribution is 6.42. The van der Waals surface area contributed by atoms with Crippen LogP contribution >= 0.6 is 23.2 Å². The number of ether oxygens (including phenoxy) is 1. The lowest BCUT2D eigenvalue weighted by Crippen LogP contribution is -2.25. The van der Waals surface area contributed by atoms with E-state index in [0.717, 1.165) is 11.1 Å². The van der Waals surface area contributed by atoms with E-state index in [-0.39, 0.29) is 17.9 Å². The van der Waals surface area contributed by atoms with Crippen LogP contribution in [0.15, 0.2) is 64.1 Å². The first-order chi connectivity index (χ1) is 14.2. The smallest absolute Gasteiger partial charge is 0.277 e. The predicted octanol–water partition coefficient (Wildman–Crippen LogP) is 6.08. The highest BCUT2D eigenvalue weighted by Gasteiger charge is 2.18. The van der Waals surface area contributed by atoms with Crippen LogP contribution in [0, 0.1) is 0 Å². The second-order valence-corrected chi connectivity index (χ2v) is 8.47. The van der Waals surface area contributed by atoms with Gasteiger partial charge in [-0.15, -0.1) is 0 Å². The number of rotatable bonds is 6. The summed E-state index contributed by atoms with van der Waals surface area (Å²) in [6, 6.07) is 16.4. The van der Waals surface area contributed by atoms with Gasteiger partial charge in [-0.25, -0.2) is 5.43 Å². The number of hydrazone groups is 1. The minimum atomic E-state index is -0.369. The van der Waals surface area contributed by atoms with E-state index in [1.165, 1.54) is 6.21 Å². The maximum Gasteiger partial charge on any atom is 0.277 e. The van der Waals surface area contributed by atoms with Crippen molar-refractivity contribution in [2.24, 2.45) is 5.10 Å². The maximum atomic E-state index is 12.1. The SMILES string of the molecule is CC(C)(C)c1ccccc1OCC(=O)NN=Cc1ccc(-c2ccc(Cl)c(Cl)c2)o1. The summed E-state index contributed by atoms with van der Waals surface area (Å²) in [7, 11) is 0. The Morgan fingerprint density at radius 2 is 1.87 bits per heavy atom. The van der Waals surface area contributed by atoms with Crippen LogP contribution in [0.1, 0.15) is 32.1 Å². The molecule has 3 aromatic rings. The molecule has 1 amide bonds. The Labute approximate surface area is 185 Å². The van der Waals surface area contributed by atoms with Crippen LogP contribution in [0.4, 0.5) is 0 Å². The summed E-state index contributed by atoms with van der Waals surface area (Å²) in [4.78, 5) is 12.1. The number of benzene rings is 2. The molecule has 0 bridgehead atoms. The van der Waals surface area contributed by atoms with E-state index in [4.69, 9.17) is 32.4 Å². The molecule has 0 spiro atoms. The Bertz CT molecular complexity index is 1070. The molecule has 0 atom stereocenters. The molecule has 3 rings (SSSR count). The highest BCUT2D eigenvalue weighted by atomic mass is 35.5. The van der Waals surface area contributed by atoms with Crippen molar-refractivity contribution in [3.05, 3.63) is 76.0 Å². The van der Waals surface area contributed by atoms with Crippen molar-refractivity contribution in [1.82, 2.24) is 5.43 Å². The minimum absolute atomic E-state index is 0.0868. The highest BCUT2D eigenvalue weighted by Crippen LogP contribution is 2.31. The molecule has 2 aromatic carbocycles. The van der Waals surface area contributed by atoms with E-state index in [9.17, 15) is 4.79 Å². The zero-order chi connectivity index (χ0) is 21.7. The molecule has 0 aliphatic rings. The van der Waals surface area contributed by atoms with Gasteiger partial charge in [0, 0.05) is 5.56 Å². The van der Waals surface area contributed by atoms with E-state index in [1.54, 1.807) is 24.3 Å². The summed E-state index contributed by atoms with van der Waals surface area (Å²) >= 11 is 12.0. The van der Waals surface area contributed by atoms with Crippen LogP contribution < -0.4 is 10.2 Å². The van der Waals surface area contributed by atoms with Gasteiger partial charge >= 0.3 is 0 Å². The topological polar surface area (TPSA) is 63.8 Å². The number of para-hydroxylation sites is 1. The summed E-state index contributed by atoms with van der Waals surface area (Å²) in [5.41, 5.74) is 4.17. The average Bonchev–Trinajstić information content (AvgIpc) is 3.17. The molecule has 0 fully saturated rings. The predicted molar refractivity (Wildman–Crippen MR) is 121 cm³/mol. The van der Waals surface area contributed by atoms with Gasteiger partial charge in [-0.3, -0.25) is 4.79 Å². The lowest BCUT2D eigenvalue weighted by Gasteiger charge is -2.22. The molecule has 0 aliphatic carbocycles. The number of carbonyl (C=O) groups is 1. The number of furan rings is 1. The van der Waals surface area contributed by atoms with Crippen molar-refractivity contribution in [1.29, 1.82) is 0 Å². The first kappa shape index (κ1) is 21.9. The van der Waals surface area contributed by atoms with Crippen molar-refractivity contribution < 1.29 is 13.9 Å². The molecule has 1 heterocycles. The van der Waals surface area contributed by atoms with Crippen molar-refractivity contribution in [3.8, 4) is 17.1 Å². The largest absolute Gasteiger partial charge is 0.483 e. The van der Waals surface area contributed by atoms with Crippen LogP contribution in [-0.4, -0.2) is 18.7 Å². The molecule has 0 radical (unpaired) electrons. The summed E-state index contributed by atoms with van der Waals surface area (Å²) < 4.78 is 11.4. The van der Waals surface area contributed by atoms with Gasteiger partial charge in [-0.2, -0.15) is 5.10 Å². The molecule has 1 N–H and O–H groups in total. The molecular weight excluding hydrogens is 423 g/mol. The van der Waals surface area contributed by atoms with Gasteiger partial charge in [0.15, 0.2) is 6.61 Å². The fourth-order valence-corrected chi connectivity index (χ4v) is 3.08. The Balaban J connectivity index is 1.56. The third kappa shape index (κ3) is 5.65. The van der Waals surface area contributed by atoms with Crippen molar-refractivity contribution >= 4 is 35.3 Å². The number of hydrogen-bond acceptors (Lipinski definition) is 4. The third-order valence-electron chi connectivity index (χ3n) is 4.27. The van der Waals surface area contributed by atoms with Crippen LogP contribution in [0.25, 0.3) is 11.3 Å². The Morgan fingerprint density at radius 3 is 2.60 bits per heavy atom. The molecule has 156 valence electrons. The molecule has 0 aliphatic heterocycles. The molecule has 30 heavy (non-hydrogen) atoms. The Kier molecular flexibility index (Phi) is 6.85. The number of nitrogens with zero attached hydrogens (tertiary/aromatic N) is 1. The van der Waals surface area contributed by atoms with Crippen LogP contribution in [0.2, 0.25) is 10.0 Å². The summed E-state index contributed by atoms with van der Waals surface area (Å²) in [5.74, 6) is 1.41. The normalized spacial score (nSPS) is 11.6. The average molecular weight is 445 g/mol. The quantitative estimate of drug-likeness (QED) is 0.370. The number of carbonyl (C=O) groups excluding carboxylic acids is 1. The van der Waals surface area contributed by atoms with Crippen LogP contribution in [0.3, 0.4) is 0 Å². The van der Waals surface area contributed by atoms with Gasteiger partial charge in [0.1, 0.15) is 17.3 Å². The van der Waals surface area contributed by atoms with Crippen molar-refractivity contribution in [3.63, 3.8) is 0 Å². The standard InChI is InChI=1S/C23H22Cl2N2O3/c1-23(2,3)17-6-4-5-7-21(17)29-14-22(28)27-26-13-16-9-11-20(30-16)15-8-10-18(24)19(25)12-15/h4-13H,14H2,1-3H3,(H,27,28). The van der Waals surface area contributed by atoms with E-state index in [1.807, 2.05) is 30.3 Å². The number of halogens is 2. The summed E-state index contributed by atoms with van der Waals surface area (Å²) in [6.07, 6.45) is 1.42. The second kappa shape index (κ2) is 9.37. The Morgan fingerprint density at radius 1 is 1.10 bits per heavy atom. The van der Waals surface area contributed by atoms with Gasteiger partial charge in [-0.1, -0.05) is 62.2 Å². The molecule has 0 saturated carbocycles. The summed E-state index contributed by atoms with van der Waals surface area (Å²) in [5, 5.41) is 4.84. The molecule has 5 nitrogen and oxygen atoms in total. The zero-order valence-corrected chi connectivity index (χ0v) is 18.4. The van der Waals surface area contributed by atoms with E-state index >= 15 is 0 Å². The minimum Gasteiger partial charge on any atom is -0.483 e. The number of hydrogen-bond donors (Lipinski definition) is 1. The molecule has 1 aromatic heterocycles. The fraction of sp³-hybridized carbons (Fsp3) is 0.217. The zero-order valence-electron chi connectivity index (χ0n) is 16.9. The van der Waals surface area contributed by atoms with E-state index in [2.05, 4.69) is 31.3 Å². The van der Waals surface area contributed by atoms with Crippen molar-refractivity contribution in [2.45, 2.75) is 26.2 Å². The van der Waals surface area contributed by atoms with Crippen LogP contribution in [0.5, 0.6) is 5.75 Å². The van der Waals surface area contributed by atoms with Crippen LogP contribution in [-0.2, 0) is 10.2 Å². The lowest BCUT2D eigenvalue weighted by molar-refractivity contribution is -0.123. The Hall–Kier alpha value is -2.76. The molecular formula is C23H22Cl2N2O3. The van der Waals surface area contributed by atoms with Gasteiger partial charge in [-0.05, 0) is 47.4 Å². The summed E-state index contributed by atoms with van der Waals surface area (Å²) in [6.45, 7) is 6.14. The molecule has 0 unspecified atom stereocenters. The second-order valence-electron chi connectivity index (χ2n) is 7.66. The maximum absolute atomic E-state index is 12.1. The van der Waals surface area contributed by atoms with E-state index < -0.39 is 0 Å². The lowest BCUT2D eigenvalue weighted by atomic mass is 9.86. The molecule has 0 saturated heterocycles. The van der Waals surface area contributed by atoms with Gasteiger partial charge in [0.05, 0.1) is 16.3 Å². The first-order valence-corrected chi connectivity index (χ1v) is 10.1. The van der Waals surface area contributed by atoms with E-state index in [0.29, 0.717) is 27.3 Å². The van der Waals surface area contributed by atoms with Gasteiger partial charge in [0.2, 0.25) is 0 Å². The van der Waals surface area contributed by atoms with Crippen molar-refractivity contribution in [2.75, 3.05) is 6.61 Å². The van der Waals surface area contributed by atoms with Gasteiger partial charge < -0.3 is 9.15 Å². The van der Waals surface area contributed by atoms with Gasteiger partial charge in [0.25, 0.3) is 5.91 Å². The fourth-order valence-electron chi connectivity index (χ4n) is 2.78. The number of amides is 1. The first-order valence-electron chi connectivity index (χ1n) is 9.33. The molecule has 7 heteroatoms. The third-order valence-corrected chi connectivity index (χ3v) is 5.00. The monoisotopic (exact) mass is 444 g/mol.